The van der Waals surface area contributed by atoms with Crippen LogP contribution in [0.5, 0.6) is 11.5 Å². The van der Waals surface area contributed by atoms with Gasteiger partial charge in [-0.15, -0.1) is 0 Å². The van der Waals surface area contributed by atoms with E-state index in [0.717, 1.165) is 28.2 Å². The molecular formula is C23H23NO3. The van der Waals surface area contributed by atoms with Crippen molar-refractivity contribution in [1.82, 2.24) is 5.32 Å². The predicted octanol–water partition coefficient (Wildman–Crippen LogP) is 4.13. The fourth-order valence-electron chi connectivity index (χ4n) is 2.68. The number of ether oxygens (including phenoxy) is 2. The molecule has 0 heterocycles. The van der Waals surface area contributed by atoms with Gasteiger partial charge in [0.2, 0.25) is 5.91 Å². The maximum absolute atomic E-state index is 12.1. The first-order chi connectivity index (χ1) is 13.2. The lowest BCUT2D eigenvalue weighted by Crippen LogP contribution is -2.24. The number of hydrogen-bond donors (Lipinski definition) is 1. The Labute approximate surface area is 159 Å². The van der Waals surface area contributed by atoms with E-state index in [1.54, 1.807) is 7.11 Å². The highest BCUT2D eigenvalue weighted by atomic mass is 16.5. The number of hydrogen-bond acceptors (Lipinski definition) is 3. The topological polar surface area (TPSA) is 47.6 Å². The number of carbonyl (C=O) groups is 1. The molecule has 1 amide bonds. The molecule has 0 aliphatic heterocycles. The Balaban J connectivity index is 1.46. The molecule has 4 nitrogen and oxygen atoms in total. The average molecular weight is 361 g/mol. The summed E-state index contributed by atoms with van der Waals surface area (Å²) in [6.07, 6.45) is 0.329. The quantitative estimate of drug-likeness (QED) is 0.656. The molecule has 0 saturated heterocycles. The van der Waals surface area contributed by atoms with Gasteiger partial charge in [0.1, 0.15) is 18.1 Å². The zero-order valence-electron chi connectivity index (χ0n) is 15.4. The lowest BCUT2D eigenvalue weighted by Gasteiger charge is -2.09. The molecular weight excluding hydrogens is 338 g/mol. The number of nitrogens with one attached hydrogen (secondary N) is 1. The molecule has 0 saturated carbocycles. The molecule has 0 aliphatic carbocycles. The molecule has 0 bridgehead atoms. The SMILES string of the molecule is COc1cccc(CC(=O)NCc2ccc(OCc3ccccc3)cc2)c1. The number of amides is 1. The fraction of sp³-hybridized carbons (Fsp3) is 0.174. The fourth-order valence-corrected chi connectivity index (χ4v) is 2.68. The third-order valence-electron chi connectivity index (χ3n) is 4.16. The smallest absolute Gasteiger partial charge is 0.224 e. The van der Waals surface area contributed by atoms with E-state index in [4.69, 9.17) is 9.47 Å². The Morgan fingerprint density at radius 1 is 0.815 bits per heavy atom. The van der Waals surface area contributed by atoms with Crippen molar-refractivity contribution in [3.8, 4) is 11.5 Å². The van der Waals surface area contributed by atoms with E-state index >= 15 is 0 Å². The van der Waals surface area contributed by atoms with Gasteiger partial charge in [-0.3, -0.25) is 4.79 Å². The first-order valence-corrected chi connectivity index (χ1v) is 8.88. The molecule has 1 N–H and O–H groups in total. The minimum absolute atomic E-state index is 0.0207. The van der Waals surface area contributed by atoms with Crippen LogP contribution in [0.1, 0.15) is 16.7 Å². The summed E-state index contributed by atoms with van der Waals surface area (Å²) in [7, 11) is 1.62. The maximum atomic E-state index is 12.1. The van der Waals surface area contributed by atoms with Gasteiger partial charge in [0.25, 0.3) is 0 Å². The van der Waals surface area contributed by atoms with Gasteiger partial charge in [0.15, 0.2) is 0 Å². The van der Waals surface area contributed by atoms with Gasteiger partial charge in [-0.1, -0.05) is 54.6 Å². The highest BCUT2D eigenvalue weighted by molar-refractivity contribution is 5.78. The maximum Gasteiger partial charge on any atom is 0.224 e. The van der Waals surface area contributed by atoms with Crippen LogP contribution >= 0.6 is 0 Å². The minimum atomic E-state index is -0.0207. The highest BCUT2D eigenvalue weighted by Gasteiger charge is 2.05. The van der Waals surface area contributed by atoms with E-state index in [1.807, 2.05) is 78.9 Å². The van der Waals surface area contributed by atoms with Crippen molar-refractivity contribution < 1.29 is 14.3 Å². The van der Waals surface area contributed by atoms with Crippen LogP contribution in [0.25, 0.3) is 0 Å². The Bertz CT molecular complexity index is 860. The molecule has 27 heavy (non-hydrogen) atoms. The van der Waals surface area contributed by atoms with Crippen molar-refractivity contribution in [2.45, 2.75) is 19.6 Å². The normalized spacial score (nSPS) is 10.3. The van der Waals surface area contributed by atoms with Crippen molar-refractivity contribution in [3.05, 3.63) is 95.6 Å². The van der Waals surface area contributed by atoms with Crippen molar-refractivity contribution in [1.29, 1.82) is 0 Å². The van der Waals surface area contributed by atoms with Crippen LogP contribution in [0.4, 0.5) is 0 Å². The number of rotatable bonds is 8. The van der Waals surface area contributed by atoms with Crippen LogP contribution in [-0.2, 0) is 24.4 Å². The van der Waals surface area contributed by atoms with Crippen LogP contribution in [0.2, 0.25) is 0 Å². The second-order valence-electron chi connectivity index (χ2n) is 6.22. The largest absolute Gasteiger partial charge is 0.497 e. The summed E-state index contributed by atoms with van der Waals surface area (Å²) < 4.78 is 11.0. The molecule has 0 spiro atoms. The molecule has 0 atom stereocenters. The van der Waals surface area contributed by atoms with Crippen LogP contribution in [0, 0.1) is 0 Å². The summed E-state index contributed by atoms with van der Waals surface area (Å²) in [6.45, 7) is 1.03. The van der Waals surface area contributed by atoms with Gasteiger partial charge in [-0.2, -0.15) is 0 Å². The van der Waals surface area contributed by atoms with Gasteiger partial charge in [0.05, 0.1) is 13.5 Å². The number of benzene rings is 3. The van der Waals surface area contributed by atoms with Gasteiger partial charge in [-0.25, -0.2) is 0 Å². The number of carbonyl (C=O) groups excluding carboxylic acids is 1. The third kappa shape index (κ3) is 5.89. The highest BCUT2D eigenvalue weighted by Crippen LogP contribution is 2.15. The lowest BCUT2D eigenvalue weighted by atomic mass is 10.1. The summed E-state index contributed by atoms with van der Waals surface area (Å²) in [5, 5.41) is 2.94. The molecule has 4 heteroatoms. The molecule has 0 aromatic heterocycles. The standard InChI is InChI=1S/C23H23NO3/c1-26-22-9-5-8-20(14-22)15-23(25)24-16-18-10-12-21(13-11-18)27-17-19-6-3-2-4-7-19/h2-14H,15-17H2,1H3,(H,24,25). The molecule has 3 aromatic rings. The first kappa shape index (κ1) is 18.5. The van der Waals surface area contributed by atoms with E-state index in [0.29, 0.717) is 19.6 Å². The van der Waals surface area contributed by atoms with Crippen LogP contribution in [0.3, 0.4) is 0 Å². The summed E-state index contributed by atoms with van der Waals surface area (Å²) in [4.78, 5) is 12.1. The Hall–Kier alpha value is -3.27. The Kier molecular flexibility index (Phi) is 6.47. The van der Waals surface area contributed by atoms with Gasteiger partial charge < -0.3 is 14.8 Å². The second kappa shape index (κ2) is 9.43. The molecule has 0 fully saturated rings. The summed E-state index contributed by atoms with van der Waals surface area (Å²) in [6, 6.07) is 25.4. The molecule has 0 unspecified atom stereocenters. The monoisotopic (exact) mass is 361 g/mol. The van der Waals surface area contributed by atoms with Crippen LogP contribution in [-0.4, -0.2) is 13.0 Å². The van der Waals surface area contributed by atoms with Gasteiger partial charge in [0, 0.05) is 6.54 Å². The van der Waals surface area contributed by atoms with Crippen LogP contribution < -0.4 is 14.8 Å². The number of methoxy groups -OCH3 is 1. The van der Waals surface area contributed by atoms with Crippen molar-refractivity contribution in [2.24, 2.45) is 0 Å². The Morgan fingerprint density at radius 3 is 2.30 bits per heavy atom. The third-order valence-corrected chi connectivity index (χ3v) is 4.16. The zero-order valence-corrected chi connectivity index (χ0v) is 15.4. The zero-order chi connectivity index (χ0) is 18.9. The van der Waals surface area contributed by atoms with Crippen molar-refractivity contribution >= 4 is 5.91 Å². The lowest BCUT2D eigenvalue weighted by molar-refractivity contribution is -0.120. The van der Waals surface area contributed by atoms with Crippen molar-refractivity contribution in [2.75, 3.05) is 7.11 Å². The molecule has 3 rings (SSSR count). The average Bonchev–Trinajstić information content (AvgIpc) is 2.72. The second-order valence-corrected chi connectivity index (χ2v) is 6.22. The summed E-state index contributed by atoms with van der Waals surface area (Å²) in [5.41, 5.74) is 3.09. The predicted molar refractivity (Wildman–Crippen MR) is 106 cm³/mol. The van der Waals surface area contributed by atoms with E-state index in [9.17, 15) is 4.79 Å². The molecule has 3 aromatic carbocycles. The molecule has 0 aliphatic rings. The van der Waals surface area contributed by atoms with E-state index in [2.05, 4.69) is 5.32 Å². The first-order valence-electron chi connectivity index (χ1n) is 8.88. The van der Waals surface area contributed by atoms with E-state index in [-0.39, 0.29) is 5.91 Å². The minimum Gasteiger partial charge on any atom is -0.497 e. The van der Waals surface area contributed by atoms with Crippen LogP contribution in [0.15, 0.2) is 78.9 Å². The van der Waals surface area contributed by atoms with E-state index in [1.165, 1.54) is 0 Å². The Morgan fingerprint density at radius 2 is 1.56 bits per heavy atom. The van der Waals surface area contributed by atoms with Gasteiger partial charge >= 0.3 is 0 Å². The van der Waals surface area contributed by atoms with Crippen molar-refractivity contribution in [3.63, 3.8) is 0 Å². The summed E-state index contributed by atoms with van der Waals surface area (Å²) in [5.74, 6) is 1.55. The van der Waals surface area contributed by atoms with E-state index < -0.39 is 0 Å². The molecule has 138 valence electrons. The molecule has 0 radical (unpaired) electrons. The summed E-state index contributed by atoms with van der Waals surface area (Å²) >= 11 is 0. The van der Waals surface area contributed by atoms with Gasteiger partial charge in [-0.05, 0) is 41.0 Å².